The monoisotopic (exact) mass is 273 g/mol. The average Bonchev–Trinajstić information content (AvgIpc) is 2.48. The van der Waals surface area contributed by atoms with E-state index >= 15 is 0 Å². The van der Waals surface area contributed by atoms with Gasteiger partial charge >= 0.3 is 6.16 Å². The van der Waals surface area contributed by atoms with Crippen molar-refractivity contribution >= 4 is 6.16 Å². The molecule has 0 spiro atoms. The van der Waals surface area contributed by atoms with Gasteiger partial charge in [0.1, 0.15) is 6.10 Å². The summed E-state index contributed by atoms with van der Waals surface area (Å²) in [6.45, 7) is 2.11. The molecule has 0 N–H and O–H groups in total. The third kappa shape index (κ3) is 3.74. The molecule has 1 aliphatic carbocycles. The third-order valence-corrected chi connectivity index (χ3v) is 3.71. The van der Waals surface area contributed by atoms with Crippen LogP contribution < -0.4 is 0 Å². The van der Waals surface area contributed by atoms with Crippen LogP contribution in [0.15, 0.2) is 24.3 Å². The van der Waals surface area contributed by atoms with Crippen LogP contribution in [-0.2, 0) is 9.47 Å². The first-order chi connectivity index (χ1) is 9.72. The van der Waals surface area contributed by atoms with Crippen LogP contribution in [0.5, 0.6) is 0 Å². The predicted octanol–water partition coefficient (Wildman–Crippen LogP) is 3.76. The highest BCUT2D eigenvalue weighted by atomic mass is 16.7. The molecule has 106 valence electrons. The van der Waals surface area contributed by atoms with Gasteiger partial charge in [0.15, 0.2) is 0 Å². The average molecular weight is 273 g/mol. The summed E-state index contributed by atoms with van der Waals surface area (Å²) in [5, 5.41) is 8.79. The second-order valence-electron chi connectivity index (χ2n) is 5.01. The fourth-order valence-corrected chi connectivity index (χ4v) is 2.63. The van der Waals surface area contributed by atoms with E-state index < -0.39 is 6.16 Å². The molecule has 0 aromatic heterocycles. The largest absolute Gasteiger partial charge is 0.508 e. The zero-order chi connectivity index (χ0) is 14.4. The van der Waals surface area contributed by atoms with Crippen LogP contribution in [-0.4, -0.2) is 18.9 Å². The maximum Gasteiger partial charge on any atom is 0.508 e. The standard InChI is InChI=1S/C16H19NO3/c1-2-19-16(18)20-15-9-7-14(8-10-15)13-5-3-12(11-17)4-6-13/h3-6,14-15H,2,7-10H2,1H3. The molecule has 4 nitrogen and oxygen atoms in total. The zero-order valence-electron chi connectivity index (χ0n) is 11.7. The Morgan fingerprint density at radius 2 is 1.90 bits per heavy atom. The minimum atomic E-state index is -0.561. The van der Waals surface area contributed by atoms with E-state index in [2.05, 4.69) is 6.07 Å². The lowest BCUT2D eigenvalue weighted by Gasteiger charge is -2.28. The number of rotatable bonds is 3. The van der Waals surface area contributed by atoms with Crippen LogP contribution in [0, 0.1) is 11.3 Å². The van der Waals surface area contributed by atoms with Gasteiger partial charge in [-0.2, -0.15) is 5.26 Å². The zero-order valence-corrected chi connectivity index (χ0v) is 11.7. The minimum absolute atomic E-state index is 0.0244. The Kier molecular flexibility index (Phi) is 5.00. The Bertz CT molecular complexity index is 481. The van der Waals surface area contributed by atoms with Crippen molar-refractivity contribution in [2.75, 3.05) is 6.61 Å². The lowest BCUT2D eigenvalue weighted by Crippen LogP contribution is -2.24. The Balaban J connectivity index is 1.84. The molecule has 0 bridgehead atoms. The van der Waals surface area contributed by atoms with Crippen LogP contribution in [0.2, 0.25) is 0 Å². The van der Waals surface area contributed by atoms with Crippen molar-refractivity contribution in [3.63, 3.8) is 0 Å². The molecule has 20 heavy (non-hydrogen) atoms. The van der Waals surface area contributed by atoms with E-state index in [0.717, 1.165) is 25.7 Å². The summed E-state index contributed by atoms with van der Waals surface area (Å²) >= 11 is 0. The number of benzene rings is 1. The summed E-state index contributed by atoms with van der Waals surface area (Å²) in [7, 11) is 0. The first kappa shape index (κ1) is 14.4. The number of ether oxygens (including phenoxy) is 2. The van der Waals surface area contributed by atoms with E-state index in [4.69, 9.17) is 14.7 Å². The Morgan fingerprint density at radius 3 is 2.45 bits per heavy atom. The van der Waals surface area contributed by atoms with Crippen molar-refractivity contribution < 1.29 is 14.3 Å². The van der Waals surface area contributed by atoms with Gasteiger partial charge in [-0.25, -0.2) is 4.79 Å². The highest BCUT2D eigenvalue weighted by Crippen LogP contribution is 2.34. The summed E-state index contributed by atoms with van der Waals surface area (Å²) < 4.78 is 10.0. The van der Waals surface area contributed by atoms with Crippen molar-refractivity contribution in [2.45, 2.75) is 44.6 Å². The molecule has 0 unspecified atom stereocenters. The van der Waals surface area contributed by atoms with Gasteiger partial charge in [0.05, 0.1) is 18.2 Å². The number of carbonyl (C=O) groups is 1. The molecule has 1 aromatic carbocycles. The number of carbonyl (C=O) groups excluding carboxylic acids is 1. The van der Waals surface area contributed by atoms with Gasteiger partial charge in [-0.1, -0.05) is 12.1 Å². The molecule has 0 atom stereocenters. The van der Waals surface area contributed by atoms with Gasteiger partial charge < -0.3 is 9.47 Å². The van der Waals surface area contributed by atoms with Crippen LogP contribution >= 0.6 is 0 Å². The van der Waals surface area contributed by atoms with Crippen LogP contribution in [0.1, 0.15) is 49.7 Å². The van der Waals surface area contributed by atoms with Crippen molar-refractivity contribution in [1.82, 2.24) is 0 Å². The third-order valence-electron chi connectivity index (χ3n) is 3.71. The Hall–Kier alpha value is -2.02. The highest BCUT2D eigenvalue weighted by Gasteiger charge is 2.25. The summed E-state index contributed by atoms with van der Waals surface area (Å²) in [6.07, 6.45) is 3.14. The molecule has 0 radical (unpaired) electrons. The molecule has 1 aromatic rings. The minimum Gasteiger partial charge on any atom is -0.435 e. The topological polar surface area (TPSA) is 59.3 Å². The molecule has 4 heteroatoms. The van der Waals surface area contributed by atoms with Gasteiger partial charge in [-0.3, -0.25) is 0 Å². The van der Waals surface area contributed by atoms with E-state index in [0.29, 0.717) is 18.1 Å². The molecule has 2 rings (SSSR count). The van der Waals surface area contributed by atoms with Gasteiger partial charge in [0.2, 0.25) is 0 Å². The molecule has 0 saturated heterocycles. The number of nitriles is 1. The van der Waals surface area contributed by atoms with Crippen molar-refractivity contribution in [3.8, 4) is 6.07 Å². The fourth-order valence-electron chi connectivity index (χ4n) is 2.63. The summed E-state index contributed by atoms with van der Waals surface area (Å²) in [5.74, 6) is 0.491. The summed E-state index contributed by atoms with van der Waals surface area (Å²) in [6, 6.07) is 9.89. The first-order valence-corrected chi connectivity index (χ1v) is 7.06. The van der Waals surface area contributed by atoms with Gasteiger partial charge in [0.25, 0.3) is 0 Å². The van der Waals surface area contributed by atoms with Crippen LogP contribution in [0.25, 0.3) is 0 Å². The second-order valence-corrected chi connectivity index (χ2v) is 5.01. The highest BCUT2D eigenvalue weighted by molar-refractivity contribution is 5.60. The number of hydrogen-bond acceptors (Lipinski definition) is 4. The van der Waals surface area contributed by atoms with Gasteiger partial charge in [-0.15, -0.1) is 0 Å². The normalized spacial score (nSPS) is 21.8. The maximum absolute atomic E-state index is 11.3. The van der Waals surface area contributed by atoms with Crippen molar-refractivity contribution in [3.05, 3.63) is 35.4 Å². The Morgan fingerprint density at radius 1 is 1.25 bits per heavy atom. The first-order valence-electron chi connectivity index (χ1n) is 7.06. The molecule has 0 aliphatic heterocycles. The molecule has 0 heterocycles. The molecule has 0 amide bonds. The molecule has 1 saturated carbocycles. The predicted molar refractivity (Wildman–Crippen MR) is 74.3 cm³/mol. The number of hydrogen-bond donors (Lipinski definition) is 0. The molecular weight excluding hydrogens is 254 g/mol. The molecule has 1 fully saturated rings. The van der Waals surface area contributed by atoms with Crippen LogP contribution in [0.4, 0.5) is 4.79 Å². The molecular formula is C16H19NO3. The van der Waals surface area contributed by atoms with E-state index in [1.165, 1.54) is 5.56 Å². The van der Waals surface area contributed by atoms with Crippen LogP contribution in [0.3, 0.4) is 0 Å². The lowest BCUT2D eigenvalue weighted by molar-refractivity contribution is 0.0118. The summed E-state index contributed by atoms with van der Waals surface area (Å²) in [4.78, 5) is 11.3. The van der Waals surface area contributed by atoms with E-state index in [9.17, 15) is 4.79 Å². The SMILES string of the molecule is CCOC(=O)OC1CCC(c2ccc(C#N)cc2)CC1. The van der Waals surface area contributed by atoms with E-state index in [1.54, 1.807) is 6.92 Å². The smallest absolute Gasteiger partial charge is 0.435 e. The fraction of sp³-hybridized carbons (Fsp3) is 0.500. The van der Waals surface area contributed by atoms with Gasteiger partial charge in [0, 0.05) is 0 Å². The lowest BCUT2D eigenvalue weighted by atomic mass is 9.82. The Labute approximate surface area is 119 Å². The quantitative estimate of drug-likeness (QED) is 0.787. The maximum atomic E-state index is 11.3. The molecule has 1 aliphatic rings. The van der Waals surface area contributed by atoms with Crippen molar-refractivity contribution in [2.24, 2.45) is 0 Å². The summed E-state index contributed by atoms with van der Waals surface area (Å²) in [5.41, 5.74) is 1.95. The van der Waals surface area contributed by atoms with E-state index in [-0.39, 0.29) is 6.10 Å². The van der Waals surface area contributed by atoms with Gasteiger partial charge in [-0.05, 0) is 56.2 Å². The van der Waals surface area contributed by atoms with E-state index in [1.807, 2.05) is 24.3 Å². The number of nitrogens with zero attached hydrogens (tertiary/aromatic N) is 1. The second kappa shape index (κ2) is 6.95. The van der Waals surface area contributed by atoms with Crippen molar-refractivity contribution in [1.29, 1.82) is 5.26 Å².